The lowest BCUT2D eigenvalue weighted by Crippen LogP contribution is -2.63. The third kappa shape index (κ3) is 4.31. The van der Waals surface area contributed by atoms with Crippen LogP contribution in [0.4, 0.5) is 0 Å². The van der Waals surface area contributed by atoms with Gasteiger partial charge in [0.2, 0.25) is 5.91 Å². The van der Waals surface area contributed by atoms with E-state index in [2.05, 4.69) is 15.7 Å². The smallest absolute Gasteiger partial charge is 0.272 e. The van der Waals surface area contributed by atoms with Crippen LogP contribution in [0.25, 0.3) is 0 Å². The van der Waals surface area contributed by atoms with E-state index in [0.29, 0.717) is 5.69 Å². The summed E-state index contributed by atoms with van der Waals surface area (Å²) >= 11 is 0. The second kappa shape index (κ2) is 8.55. The largest absolute Gasteiger partial charge is 0.351 e. The van der Waals surface area contributed by atoms with Gasteiger partial charge in [-0.1, -0.05) is 32.6 Å². The van der Waals surface area contributed by atoms with Crippen LogP contribution in [0.15, 0.2) is 6.07 Å². The van der Waals surface area contributed by atoms with E-state index < -0.39 is 5.54 Å². The molecule has 1 aliphatic heterocycles. The Morgan fingerprint density at radius 1 is 1.28 bits per heavy atom. The second-order valence-electron chi connectivity index (χ2n) is 8.66. The molecule has 160 valence electrons. The van der Waals surface area contributed by atoms with Gasteiger partial charge in [-0.15, -0.1) is 0 Å². The van der Waals surface area contributed by atoms with Crippen LogP contribution in [-0.2, 0) is 11.3 Å². The van der Waals surface area contributed by atoms with Crippen molar-refractivity contribution in [3.8, 4) is 0 Å². The lowest BCUT2D eigenvalue weighted by atomic mass is 9.95. The first kappa shape index (κ1) is 21.3. The number of hydrogen-bond acceptors (Lipinski definition) is 4. The SMILES string of the molecule is CC[C@H](C)NC(=O)c1cc2n(n1)C[C@@](C)(C(=O)NC1CCCCCC1)N(C)C2=O. The summed E-state index contributed by atoms with van der Waals surface area (Å²) in [6.45, 7) is 5.89. The highest BCUT2D eigenvalue weighted by Gasteiger charge is 2.46. The van der Waals surface area contributed by atoms with Crippen molar-refractivity contribution < 1.29 is 14.4 Å². The molecule has 0 unspecified atom stereocenters. The predicted molar refractivity (Wildman–Crippen MR) is 110 cm³/mol. The standard InChI is InChI=1S/C21H33N5O3/c1-5-14(2)22-18(27)16-12-17-19(28)25(4)21(3,13-26(17)24-16)20(29)23-15-10-8-6-7-9-11-15/h12,14-15H,5-11,13H2,1-4H3,(H,22,27)(H,23,29)/t14-,21-/m0/s1. The van der Waals surface area contributed by atoms with Gasteiger partial charge < -0.3 is 15.5 Å². The van der Waals surface area contributed by atoms with Gasteiger partial charge in [0.05, 0.1) is 6.54 Å². The van der Waals surface area contributed by atoms with Crippen LogP contribution in [0.1, 0.15) is 86.7 Å². The Balaban J connectivity index is 1.79. The fourth-order valence-corrected chi connectivity index (χ4v) is 4.00. The zero-order valence-corrected chi connectivity index (χ0v) is 18.0. The highest BCUT2D eigenvalue weighted by molar-refractivity contribution is 6.01. The van der Waals surface area contributed by atoms with Gasteiger partial charge in [-0.3, -0.25) is 19.1 Å². The van der Waals surface area contributed by atoms with E-state index in [1.54, 1.807) is 14.0 Å². The van der Waals surface area contributed by atoms with Gasteiger partial charge in [0, 0.05) is 25.2 Å². The van der Waals surface area contributed by atoms with Gasteiger partial charge in [0.25, 0.3) is 11.8 Å². The molecule has 2 atom stereocenters. The third-order valence-electron chi connectivity index (χ3n) is 6.40. The van der Waals surface area contributed by atoms with Crippen molar-refractivity contribution in [3.63, 3.8) is 0 Å². The van der Waals surface area contributed by atoms with Crippen LogP contribution >= 0.6 is 0 Å². The molecule has 1 fully saturated rings. The highest BCUT2D eigenvalue weighted by Crippen LogP contribution is 2.27. The van der Waals surface area contributed by atoms with Crippen molar-refractivity contribution >= 4 is 17.7 Å². The van der Waals surface area contributed by atoms with Gasteiger partial charge in [-0.2, -0.15) is 5.10 Å². The number of hydrogen-bond donors (Lipinski definition) is 2. The normalized spacial score (nSPS) is 23.9. The first-order chi connectivity index (χ1) is 13.8. The number of nitrogens with zero attached hydrogens (tertiary/aromatic N) is 3. The number of rotatable bonds is 5. The van der Waals surface area contributed by atoms with E-state index in [-0.39, 0.29) is 42.0 Å². The minimum absolute atomic E-state index is 0.0234. The Labute approximate surface area is 172 Å². The van der Waals surface area contributed by atoms with Crippen molar-refractivity contribution in [2.75, 3.05) is 7.05 Å². The Hall–Kier alpha value is -2.38. The Morgan fingerprint density at radius 2 is 1.93 bits per heavy atom. The summed E-state index contributed by atoms with van der Waals surface area (Å²) in [5.74, 6) is -0.766. The van der Waals surface area contributed by atoms with E-state index in [1.807, 2.05) is 13.8 Å². The number of nitrogens with one attached hydrogen (secondary N) is 2. The van der Waals surface area contributed by atoms with Crippen LogP contribution in [-0.4, -0.2) is 57.1 Å². The van der Waals surface area contributed by atoms with Crippen LogP contribution in [0.5, 0.6) is 0 Å². The zero-order chi connectivity index (χ0) is 21.2. The molecule has 1 aliphatic carbocycles. The van der Waals surface area contributed by atoms with Crippen molar-refractivity contribution in [1.82, 2.24) is 25.3 Å². The van der Waals surface area contributed by atoms with Gasteiger partial charge in [0.1, 0.15) is 11.2 Å². The molecule has 0 bridgehead atoms. The Kier molecular flexibility index (Phi) is 6.29. The van der Waals surface area contributed by atoms with Crippen LogP contribution in [0, 0.1) is 0 Å². The summed E-state index contributed by atoms with van der Waals surface area (Å²) in [5, 5.41) is 10.4. The molecule has 0 aromatic carbocycles. The maximum Gasteiger partial charge on any atom is 0.272 e. The molecule has 0 spiro atoms. The number of carbonyl (C=O) groups excluding carboxylic acids is 3. The van der Waals surface area contributed by atoms with Crippen molar-refractivity contribution in [3.05, 3.63) is 17.5 Å². The first-order valence-electron chi connectivity index (χ1n) is 10.7. The minimum Gasteiger partial charge on any atom is -0.351 e. The summed E-state index contributed by atoms with van der Waals surface area (Å²) in [6, 6.07) is 1.69. The lowest BCUT2D eigenvalue weighted by Gasteiger charge is -2.41. The molecule has 3 amide bonds. The molecule has 2 aliphatic rings. The number of fused-ring (bicyclic) bond motifs is 1. The van der Waals surface area contributed by atoms with E-state index >= 15 is 0 Å². The average Bonchev–Trinajstić information content (AvgIpc) is 2.95. The number of carbonyl (C=O) groups is 3. The van der Waals surface area contributed by atoms with E-state index in [9.17, 15) is 14.4 Å². The van der Waals surface area contributed by atoms with E-state index in [1.165, 1.54) is 28.5 Å². The molecule has 1 aromatic rings. The third-order valence-corrected chi connectivity index (χ3v) is 6.40. The number of amides is 3. The second-order valence-corrected chi connectivity index (χ2v) is 8.66. The molecule has 3 rings (SSSR count). The lowest BCUT2D eigenvalue weighted by molar-refractivity contribution is -0.133. The zero-order valence-electron chi connectivity index (χ0n) is 18.0. The van der Waals surface area contributed by atoms with E-state index in [4.69, 9.17) is 0 Å². The fraction of sp³-hybridized carbons (Fsp3) is 0.714. The molecule has 1 aromatic heterocycles. The monoisotopic (exact) mass is 403 g/mol. The van der Waals surface area contributed by atoms with Gasteiger partial charge >= 0.3 is 0 Å². The summed E-state index contributed by atoms with van der Waals surface area (Å²) in [5.41, 5.74) is -0.510. The molecule has 2 N–H and O–H groups in total. The molecule has 8 nitrogen and oxygen atoms in total. The van der Waals surface area contributed by atoms with Crippen molar-refractivity contribution in [2.45, 2.75) is 89.9 Å². The molecular formula is C21H33N5O3. The quantitative estimate of drug-likeness (QED) is 0.736. The van der Waals surface area contributed by atoms with Gasteiger partial charge in [-0.25, -0.2) is 0 Å². The number of likely N-dealkylation sites (N-methyl/N-ethyl adjacent to an activating group) is 1. The maximum atomic E-state index is 13.2. The van der Waals surface area contributed by atoms with Crippen molar-refractivity contribution in [1.29, 1.82) is 0 Å². The Bertz CT molecular complexity index is 781. The molecule has 0 saturated heterocycles. The molecule has 1 saturated carbocycles. The maximum absolute atomic E-state index is 13.2. The summed E-state index contributed by atoms with van der Waals surface area (Å²) in [4.78, 5) is 40.0. The fourth-order valence-electron chi connectivity index (χ4n) is 4.00. The van der Waals surface area contributed by atoms with Crippen molar-refractivity contribution in [2.24, 2.45) is 0 Å². The van der Waals surface area contributed by atoms with E-state index in [0.717, 1.165) is 32.1 Å². The minimum atomic E-state index is -1.05. The van der Waals surface area contributed by atoms with Crippen LogP contribution in [0.3, 0.4) is 0 Å². The summed E-state index contributed by atoms with van der Waals surface area (Å²) in [7, 11) is 1.64. The predicted octanol–water partition coefficient (Wildman–Crippen LogP) is 2.09. The molecular weight excluding hydrogens is 370 g/mol. The van der Waals surface area contributed by atoms with Gasteiger partial charge in [0.15, 0.2) is 5.69 Å². The Morgan fingerprint density at radius 3 is 2.55 bits per heavy atom. The summed E-state index contributed by atoms with van der Waals surface area (Å²) in [6.07, 6.45) is 7.42. The van der Waals surface area contributed by atoms with Crippen LogP contribution in [0.2, 0.25) is 0 Å². The average molecular weight is 404 g/mol. The molecule has 0 radical (unpaired) electrons. The topological polar surface area (TPSA) is 96.3 Å². The molecule has 8 heteroatoms. The van der Waals surface area contributed by atoms with Crippen LogP contribution < -0.4 is 10.6 Å². The first-order valence-corrected chi connectivity index (χ1v) is 10.7. The number of aromatic nitrogens is 2. The molecule has 29 heavy (non-hydrogen) atoms. The summed E-state index contributed by atoms with van der Waals surface area (Å²) < 4.78 is 1.50. The molecule has 2 heterocycles. The highest BCUT2D eigenvalue weighted by atomic mass is 16.2. The van der Waals surface area contributed by atoms with Gasteiger partial charge in [-0.05, 0) is 33.1 Å².